The number of carbonyl (C=O) groups excluding carboxylic acids is 1. The van der Waals surface area contributed by atoms with Gasteiger partial charge in [0.2, 0.25) is 0 Å². The topological polar surface area (TPSA) is 35.5 Å². The second-order valence-corrected chi connectivity index (χ2v) is 5.21. The largest absolute Gasteiger partial charge is 0.493 e. The van der Waals surface area contributed by atoms with Crippen molar-refractivity contribution in [3.8, 4) is 11.5 Å². The molecular weight excluding hydrogens is 300 g/mol. The van der Waals surface area contributed by atoms with E-state index in [0.29, 0.717) is 22.1 Å². The van der Waals surface area contributed by atoms with E-state index in [1.165, 1.54) is 6.08 Å². The van der Waals surface area contributed by atoms with Crippen molar-refractivity contribution in [3.63, 3.8) is 0 Å². The van der Waals surface area contributed by atoms with Crippen LogP contribution in [0.1, 0.15) is 21.5 Å². The summed E-state index contributed by atoms with van der Waals surface area (Å²) >= 11 is 5.84. The van der Waals surface area contributed by atoms with Gasteiger partial charge in [0.25, 0.3) is 0 Å². The highest BCUT2D eigenvalue weighted by molar-refractivity contribution is 6.30. The third-order valence-corrected chi connectivity index (χ3v) is 3.55. The standard InChI is InChI=1S/C18H17ClO3/c1-12-10-17(21-2)18(22-3)11-15(12)16(20)9-6-13-4-7-14(19)8-5-13/h4-11H,1-3H3/b9-6+. The van der Waals surface area contributed by atoms with Crippen molar-refractivity contribution in [2.75, 3.05) is 14.2 Å². The lowest BCUT2D eigenvalue weighted by atomic mass is 10.0. The van der Waals surface area contributed by atoms with Crippen LogP contribution in [0.3, 0.4) is 0 Å². The summed E-state index contributed by atoms with van der Waals surface area (Å²) in [5.74, 6) is 1.06. The van der Waals surface area contributed by atoms with E-state index in [2.05, 4.69) is 0 Å². The Labute approximate surface area is 135 Å². The summed E-state index contributed by atoms with van der Waals surface area (Å²) in [6.07, 6.45) is 3.30. The van der Waals surface area contributed by atoms with Gasteiger partial charge in [0.15, 0.2) is 17.3 Å². The Morgan fingerprint density at radius 2 is 1.64 bits per heavy atom. The van der Waals surface area contributed by atoms with Crippen LogP contribution in [0.25, 0.3) is 6.08 Å². The maximum absolute atomic E-state index is 12.4. The lowest BCUT2D eigenvalue weighted by molar-refractivity contribution is 0.104. The Kier molecular flexibility index (Phi) is 5.23. The minimum atomic E-state index is -0.0894. The molecule has 0 spiro atoms. The lowest BCUT2D eigenvalue weighted by Gasteiger charge is -2.11. The van der Waals surface area contributed by atoms with Gasteiger partial charge in [-0.05, 0) is 48.4 Å². The van der Waals surface area contributed by atoms with Crippen LogP contribution in [0.4, 0.5) is 0 Å². The van der Waals surface area contributed by atoms with Gasteiger partial charge in [-0.25, -0.2) is 0 Å². The molecule has 0 unspecified atom stereocenters. The van der Waals surface area contributed by atoms with Gasteiger partial charge in [0.05, 0.1) is 14.2 Å². The molecule has 4 heteroatoms. The highest BCUT2D eigenvalue weighted by Gasteiger charge is 2.12. The first-order valence-corrected chi connectivity index (χ1v) is 7.13. The van der Waals surface area contributed by atoms with E-state index in [9.17, 15) is 4.79 Å². The molecule has 2 rings (SSSR count). The SMILES string of the molecule is COc1cc(C)c(C(=O)/C=C/c2ccc(Cl)cc2)cc1OC. The van der Waals surface area contributed by atoms with Crippen molar-refractivity contribution < 1.29 is 14.3 Å². The summed E-state index contributed by atoms with van der Waals surface area (Å²) in [5.41, 5.74) is 2.34. The Morgan fingerprint density at radius 1 is 1.05 bits per heavy atom. The maximum Gasteiger partial charge on any atom is 0.186 e. The minimum Gasteiger partial charge on any atom is -0.493 e. The fraction of sp³-hybridized carbons (Fsp3) is 0.167. The average Bonchev–Trinajstić information content (AvgIpc) is 2.53. The fourth-order valence-corrected chi connectivity index (χ4v) is 2.21. The lowest BCUT2D eigenvalue weighted by Crippen LogP contribution is -2.01. The Morgan fingerprint density at radius 3 is 2.23 bits per heavy atom. The van der Waals surface area contributed by atoms with Crippen LogP contribution >= 0.6 is 11.6 Å². The van der Waals surface area contributed by atoms with Gasteiger partial charge in [-0.2, -0.15) is 0 Å². The molecule has 0 saturated heterocycles. The monoisotopic (exact) mass is 316 g/mol. The maximum atomic E-state index is 12.4. The van der Waals surface area contributed by atoms with Gasteiger partial charge < -0.3 is 9.47 Å². The third-order valence-electron chi connectivity index (χ3n) is 3.29. The van der Waals surface area contributed by atoms with Crippen LogP contribution in [0, 0.1) is 6.92 Å². The van der Waals surface area contributed by atoms with Crippen LogP contribution in [0.5, 0.6) is 11.5 Å². The van der Waals surface area contributed by atoms with Crippen molar-refractivity contribution in [1.29, 1.82) is 0 Å². The summed E-state index contributed by atoms with van der Waals surface area (Å²) in [6, 6.07) is 10.8. The molecule has 0 fully saturated rings. The molecule has 0 aromatic heterocycles. The molecule has 0 aliphatic carbocycles. The second-order valence-electron chi connectivity index (χ2n) is 4.77. The smallest absolute Gasteiger partial charge is 0.186 e. The Hall–Kier alpha value is -2.26. The van der Waals surface area contributed by atoms with Crippen LogP contribution in [0.2, 0.25) is 5.02 Å². The molecule has 22 heavy (non-hydrogen) atoms. The van der Waals surface area contributed by atoms with Crippen molar-refractivity contribution in [2.45, 2.75) is 6.92 Å². The normalized spacial score (nSPS) is 10.7. The van der Waals surface area contributed by atoms with Gasteiger partial charge >= 0.3 is 0 Å². The molecule has 3 nitrogen and oxygen atoms in total. The number of allylic oxidation sites excluding steroid dienone is 1. The Bertz CT molecular complexity index is 703. The van der Waals surface area contributed by atoms with E-state index in [-0.39, 0.29) is 5.78 Å². The van der Waals surface area contributed by atoms with Gasteiger partial charge in [-0.1, -0.05) is 29.8 Å². The molecule has 0 heterocycles. The minimum absolute atomic E-state index is 0.0894. The van der Waals surface area contributed by atoms with Crippen molar-refractivity contribution in [2.24, 2.45) is 0 Å². The van der Waals surface area contributed by atoms with Crippen LogP contribution in [0.15, 0.2) is 42.5 Å². The van der Waals surface area contributed by atoms with E-state index < -0.39 is 0 Å². The summed E-state index contributed by atoms with van der Waals surface area (Å²) in [7, 11) is 3.12. The molecule has 0 aliphatic rings. The zero-order valence-corrected chi connectivity index (χ0v) is 13.5. The number of rotatable bonds is 5. The molecule has 0 N–H and O–H groups in total. The Balaban J connectivity index is 2.27. The second kappa shape index (κ2) is 7.14. The number of halogens is 1. The summed E-state index contributed by atoms with van der Waals surface area (Å²) < 4.78 is 10.5. The predicted molar refractivity (Wildman–Crippen MR) is 89.1 cm³/mol. The number of methoxy groups -OCH3 is 2. The van der Waals surface area contributed by atoms with Gasteiger partial charge in [0.1, 0.15) is 0 Å². The van der Waals surface area contributed by atoms with Crippen molar-refractivity contribution in [3.05, 3.63) is 64.2 Å². The number of benzene rings is 2. The van der Waals surface area contributed by atoms with Crippen LogP contribution < -0.4 is 9.47 Å². The summed E-state index contributed by atoms with van der Waals surface area (Å²) in [6.45, 7) is 1.87. The molecule has 2 aromatic carbocycles. The number of ketones is 1. The quantitative estimate of drug-likeness (QED) is 0.599. The molecule has 0 aliphatic heterocycles. The summed E-state index contributed by atoms with van der Waals surface area (Å²) in [4.78, 5) is 12.4. The van der Waals surface area contributed by atoms with E-state index in [1.807, 2.05) is 19.1 Å². The third kappa shape index (κ3) is 3.68. The van der Waals surface area contributed by atoms with Crippen molar-refractivity contribution >= 4 is 23.5 Å². The molecular formula is C18H17ClO3. The number of ether oxygens (including phenoxy) is 2. The van der Waals surface area contributed by atoms with E-state index in [0.717, 1.165) is 11.1 Å². The highest BCUT2D eigenvalue weighted by Crippen LogP contribution is 2.30. The zero-order valence-electron chi connectivity index (χ0n) is 12.7. The summed E-state index contributed by atoms with van der Waals surface area (Å²) in [5, 5.41) is 0.666. The molecule has 2 aromatic rings. The average molecular weight is 317 g/mol. The van der Waals surface area contributed by atoms with Crippen molar-refractivity contribution in [1.82, 2.24) is 0 Å². The fourth-order valence-electron chi connectivity index (χ4n) is 2.08. The first-order chi connectivity index (χ1) is 10.5. The van der Waals surface area contributed by atoms with Gasteiger partial charge in [0, 0.05) is 10.6 Å². The van der Waals surface area contributed by atoms with Crippen LogP contribution in [-0.4, -0.2) is 20.0 Å². The first-order valence-electron chi connectivity index (χ1n) is 6.75. The van der Waals surface area contributed by atoms with Gasteiger partial charge in [-0.3, -0.25) is 4.79 Å². The molecule has 0 bridgehead atoms. The molecule has 0 radical (unpaired) electrons. The van der Waals surface area contributed by atoms with E-state index in [4.69, 9.17) is 21.1 Å². The number of hydrogen-bond donors (Lipinski definition) is 0. The number of carbonyl (C=O) groups is 1. The predicted octanol–water partition coefficient (Wildman–Crippen LogP) is 4.56. The zero-order chi connectivity index (χ0) is 16.1. The first kappa shape index (κ1) is 16.1. The van der Waals surface area contributed by atoms with E-state index in [1.54, 1.807) is 44.6 Å². The molecule has 0 atom stereocenters. The molecule has 0 amide bonds. The van der Waals surface area contributed by atoms with Crippen LogP contribution in [-0.2, 0) is 0 Å². The molecule has 114 valence electrons. The van der Waals surface area contributed by atoms with Gasteiger partial charge in [-0.15, -0.1) is 0 Å². The number of aryl methyl sites for hydroxylation is 1. The molecule has 0 saturated carbocycles. The highest BCUT2D eigenvalue weighted by atomic mass is 35.5. The van der Waals surface area contributed by atoms with E-state index >= 15 is 0 Å². The number of hydrogen-bond acceptors (Lipinski definition) is 3.